The maximum Gasteiger partial charge on any atom is 0.311 e. The largest absolute Gasteiger partial charge is 0.481 e. The molecule has 3 heteroatoms. The van der Waals surface area contributed by atoms with E-state index in [-0.39, 0.29) is 5.92 Å². The first-order chi connectivity index (χ1) is 5.63. The van der Waals surface area contributed by atoms with E-state index in [1.807, 2.05) is 13.8 Å². The number of nitrogens with one attached hydrogen (secondary N) is 1. The molecular weight excluding hydrogens is 154 g/mol. The van der Waals surface area contributed by atoms with Gasteiger partial charge in [-0.15, -0.1) is 0 Å². The van der Waals surface area contributed by atoms with Gasteiger partial charge in [-0.2, -0.15) is 0 Å². The van der Waals surface area contributed by atoms with Crippen LogP contribution in [-0.2, 0) is 4.79 Å². The van der Waals surface area contributed by atoms with Crippen LogP contribution in [0.4, 0.5) is 0 Å². The molecule has 1 fully saturated rings. The highest BCUT2D eigenvalue weighted by Crippen LogP contribution is 2.36. The van der Waals surface area contributed by atoms with Crippen molar-refractivity contribution in [3.05, 3.63) is 0 Å². The molecule has 2 unspecified atom stereocenters. The van der Waals surface area contributed by atoms with Gasteiger partial charge in [-0.3, -0.25) is 4.79 Å². The van der Waals surface area contributed by atoms with Crippen molar-refractivity contribution in [3.8, 4) is 0 Å². The second-order valence-electron chi connectivity index (χ2n) is 3.70. The van der Waals surface area contributed by atoms with E-state index in [2.05, 4.69) is 5.32 Å². The number of carbonyl (C=O) groups is 1. The Morgan fingerprint density at radius 1 is 1.75 bits per heavy atom. The van der Waals surface area contributed by atoms with Crippen LogP contribution in [0.1, 0.15) is 26.7 Å². The highest BCUT2D eigenvalue weighted by atomic mass is 16.4. The SMILES string of the molecule is CCC(C)C1(C(=O)O)CCNC1. The van der Waals surface area contributed by atoms with Crippen molar-refractivity contribution in [1.29, 1.82) is 0 Å². The van der Waals surface area contributed by atoms with Crippen LogP contribution in [-0.4, -0.2) is 24.2 Å². The Balaban J connectivity index is 2.78. The molecule has 3 nitrogen and oxygen atoms in total. The smallest absolute Gasteiger partial charge is 0.311 e. The molecule has 1 aliphatic heterocycles. The van der Waals surface area contributed by atoms with E-state index in [1.54, 1.807) is 0 Å². The fourth-order valence-electron chi connectivity index (χ4n) is 1.92. The lowest BCUT2D eigenvalue weighted by atomic mass is 9.74. The van der Waals surface area contributed by atoms with Crippen LogP contribution in [0.15, 0.2) is 0 Å². The lowest BCUT2D eigenvalue weighted by molar-refractivity contribution is -0.150. The molecule has 1 rings (SSSR count). The van der Waals surface area contributed by atoms with Gasteiger partial charge in [-0.1, -0.05) is 20.3 Å². The molecule has 0 radical (unpaired) electrons. The predicted molar refractivity (Wildman–Crippen MR) is 47.0 cm³/mol. The zero-order chi connectivity index (χ0) is 9.19. The lowest BCUT2D eigenvalue weighted by Gasteiger charge is -2.29. The van der Waals surface area contributed by atoms with Gasteiger partial charge in [0, 0.05) is 6.54 Å². The summed E-state index contributed by atoms with van der Waals surface area (Å²) in [5, 5.41) is 12.3. The molecule has 0 aliphatic carbocycles. The summed E-state index contributed by atoms with van der Waals surface area (Å²) in [6.45, 7) is 5.56. The van der Waals surface area contributed by atoms with Gasteiger partial charge in [0.15, 0.2) is 0 Å². The average Bonchev–Trinajstić information content (AvgIpc) is 2.52. The monoisotopic (exact) mass is 171 g/mol. The predicted octanol–water partition coefficient (Wildman–Crippen LogP) is 1.10. The minimum Gasteiger partial charge on any atom is -0.481 e. The first-order valence-corrected chi connectivity index (χ1v) is 4.57. The fourth-order valence-corrected chi connectivity index (χ4v) is 1.92. The molecular formula is C9H17NO2. The zero-order valence-electron chi connectivity index (χ0n) is 7.76. The minimum absolute atomic E-state index is 0.269. The van der Waals surface area contributed by atoms with E-state index < -0.39 is 11.4 Å². The van der Waals surface area contributed by atoms with Crippen LogP contribution in [0.3, 0.4) is 0 Å². The summed E-state index contributed by atoms with van der Waals surface area (Å²) in [5.41, 5.74) is -0.491. The highest BCUT2D eigenvalue weighted by molar-refractivity contribution is 5.75. The Morgan fingerprint density at radius 2 is 2.42 bits per heavy atom. The van der Waals surface area contributed by atoms with Gasteiger partial charge >= 0.3 is 5.97 Å². The van der Waals surface area contributed by atoms with E-state index in [0.29, 0.717) is 6.54 Å². The third kappa shape index (κ3) is 1.33. The number of carboxylic acids is 1. The van der Waals surface area contributed by atoms with Gasteiger partial charge in [-0.25, -0.2) is 0 Å². The summed E-state index contributed by atoms with van der Waals surface area (Å²) in [5.74, 6) is -0.369. The first-order valence-electron chi connectivity index (χ1n) is 4.57. The number of hydrogen-bond acceptors (Lipinski definition) is 2. The summed E-state index contributed by atoms with van der Waals surface area (Å²) >= 11 is 0. The molecule has 1 heterocycles. The van der Waals surface area contributed by atoms with E-state index in [0.717, 1.165) is 19.4 Å². The maximum atomic E-state index is 11.1. The van der Waals surface area contributed by atoms with Crippen LogP contribution < -0.4 is 5.32 Å². The quantitative estimate of drug-likeness (QED) is 0.668. The topological polar surface area (TPSA) is 49.3 Å². The van der Waals surface area contributed by atoms with E-state index in [4.69, 9.17) is 5.11 Å². The molecule has 0 spiro atoms. The third-order valence-corrected chi connectivity index (χ3v) is 3.17. The van der Waals surface area contributed by atoms with E-state index in [9.17, 15) is 4.79 Å². The summed E-state index contributed by atoms with van der Waals surface area (Å²) in [6.07, 6.45) is 1.71. The molecule has 0 amide bonds. The molecule has 1 saturated heterocycles. The maximum absolute atomic E-state index is 11.1. The van der Waals surface area contributed by atoms with Crippen LogP contribution >= 0.6 is 0 Å². The Bertz CT molecular complexity index is 173. The molecule has 2 N–H and O–H groups in total. The summed E-state index contributed by atoms with van der Waals surface area (Å²) in [6, 6.07) is 0. The van der Waals surface area contributed by atoms with Crippen molar-refractivity contribution >= 4 is 5.97 Å². The normalized spacial score (nSPS) is 31.8. The second-order valence-corrected chi connectivity index (χ2v) is 3.70. The zero-order valence-corrected chi connectivity index (χ0v) is 7.76. The van der Waals surface area contributed by atoms with E-state index in [1.165, 1.54) is 0 Å². The third-order valence-electron chi connectivity index (χ3n) is 3.17. The van der Waals surface area contributed by atoms with Gasteiger partial charge in [-0.05, 0) is 18.9 Å². The molecule has 70 valence electrons. The van der Waals surface area contributed by atoms with Crippen molar-refractivity contribution < 1.29 is 9.90 Å². The molecule has 0 aromatic heterocycles. The van der Waals surface area contributed by atoms with Crippen molar-refractivity contribution in [2.24, 2.45) is 11.3 Å². The van der Waals surface area contributed by atoms with Gasteiger partial charge in [0.2, 0.25) is 0 Å². The molecule has 0 aromatic carbocycles. The Kier molecular flexibility index (Phi) is 2.73. The van der Waals surface area contributed by atoms with Gasteiger partial charge in [0.25, 0.3) is 0 Å². The van der Waals surface area contributed by atoms with Gasteiger partial charge < -0.3 is 10.4 Å². The van der Waals surface area contributed by atoms with Crippen LogP contribution in [0.2, 0.25) is 0 Å². The molecule has 12 heavy (non-hydrogen) atoms. The Hall–Kier alpha value is -0.570. The van der Waals surface area contributed by atoms with Gasteiger partial charge in [0.1, 0.15) is 0 Å². The van der Waals surface area contributed by atoms with Crippen LogP contribution in [0.5, 0.6) is 0 Å². The van der Waals surface area contributed by atoms with Crippen LogP contribution in [0.25, 0.3) is 0 Å². The summed E-state index contributed by atoms with van der Waals surface area (Å²) in [4.78, 5) is 11.1. The van der Waals surface area contributed by atoms with Crippen molar-refractivity contribution in [2.45, 2.75) is 26.7 Å². The highest BCUT2D eigenvalue weighted by Gasteiger charge is 2.44. The van der Waals surface area contributed by atoms with Crippen molar-refractivity contribution in [3.63, 3.8) is 0 Å². The molecule has 0 bridgehead atoms. The summed E-state index contributed by atoms with van der Waals surface area (Å²) in [7, 11) is 0. The number of aliphatic carboxylic acids is 1. The Labute approximate surface area is 73.2 Å². The lowest BCUT2D eigenvalue weighted by Crippen LogP contribution is -2.39. The molecule has 2 atom stereocenters. The summed E-state index contributed by atoms with van der Waals surface area (Å²) < 4.78 is 0. The molecule has 0 saturated carbocycles. The molecule has 0 aromatic rings. The van der Waals surface area contributed by atoms with Crippen LogP contribution in [0, 0.1) is 11.3 Å². The van der Waals surface area contributed by atoms with Crippen molar-refractivity contribution in [2.75, 3.05) is 13.1 Å². The second kappa shape index (κ2) is 3.44. The Morgan fingerprint density at radius 3 is 2.75 bits per heavy atom. The number of hydrogen-bond donors (Lipinski definition) is 2. The number of rotatable bonds is 3. The fraction of sp³-hybridized carbons (Fsp3) is 0.889. The first kappa shape index (κ1) is 9.52. The minimum atomic E-state index is -0.637. The average molecular weight is 171 g/mol. The van der Waals surface area contributed by atoms with Crippen molar-refractivity contribution in [1.82, 2.24) is 5.32 Å². The molecule has 1 aliphatic rings. The van der Waals surface area contributed by atoms with Gasteiger partial charge in [0.05, 0.1) is 5.41 Å². The standard InChI is InChI=1S/C9H17NO2/c1-3-7(2)9(8(11)12)4-5-10-6-9/h7,10H,3-6H2,1-2H3,(H,11,12). The number of carboxylic acid groups (broad SMARTS) is 1. The van der Waals surface area contributed by atoms with E-state index >= 15 is 0 Å².